The molecule has 0 saturated carbocycles. The standard InChI is InChI=1S/C30H27ClN2O5S/c1-20-9-13-24(30(35)38-3)17-27(20)32-29(34)23-14-11-22(12-15-23)19-33(28-18-25(31)16-10-21(28)2)39(36,37)26-7-5-4-6-8-26/h4-18H,19H2,1-3H3,(H,32,34). The van der Waals surface area contributed by atoms with Gasteiger partial charge < -0.3 is 10.1 Å². The highest BCUT2D eigenvalue weighted by molar-refractivity contribution is 7.92. The second-order valence-corrected chi connectivity index (χ2v) is 11.2. The van der Waals surface area contributed by atoms with Gasteiger partial charge in [0.1, 0.15) is 0 Å². The number of nitrogens with zero attached hydrogens (tertiary/aromatic N) is 1. The number of ether oxygens (including phenoxy) is 1. The van der Waals surface area contributed by atoms with Crippen LogP contribution in [0.4, 0.5) is 11.4 Å². The monoisotopic (exact) mass is 562 g/mol. The third-order valence-corrected chi connectivity index (χ3v) is 8.23. The van der Waals surface area contributed by atoms with Crippen LogP contribution in [-0.4, -0.2) is 27.4 Å². The third-order valence-electron chi connectivity index (χ3n) is 6.22. The maximum absolute atomic E-state index is 13.7. The number of amides is 1. The summed E-state index contributed by atoms with van der Waals surface area (Å²) in [5, 5.41) is 3.24. The summed E-state index contributed by atoms with van der Waals surface area (Å²) in [7, 11) is -2.63. The molecule has 4 aromatic carbocycles. The van der Waals surface area contributed by atoms with Gasteiger partial charge in [0.05, 0.1) is 29.8 Å². The van der Waals surface area contributed by atoms with Crippen LogP contribution in [0.25, 0.3) is 0 Å². The molecule has 7 nitrogen and oxygen atoms in total. The second kappa shape index (κ2) is 11.7. The summed E-state index contributed by atoms with van der Waals surface area (Å²) in [6.07, 6.45) is 0. The lowest BCUT2D eigenvalue weighted by Crippen LogP contribution is -2.31. The number of carbonyl (C=O) groups excluding carboxylic acids is 2. The van der Waals surface area contributed by atoms with Gasteiger partial charge in [-0.3, -0.25) is 9.10 Å². The number of hydrogen-bond acceptors (Lipinski definition) is 5. The van der Waals surface area contributed by atoms with Crippen molar-refractivity contribution in [2.75, 3.05) is 16.7 Å². The first kappa shape index (κ1) is 27.9. The van der Waals surface area contributed by atoms with Gasteiger partial charge in [-0.15, -0.1) is 0 Å². The minimum Gasteiger partial charge on any atom is -0.465 e. The Kier molecular flexibility index (Phi) is 8.38. The molecule has 4 aromatic rings. The third kappa shape index (κ3) is 6.30. The van der Waals surface area contributed by atoms with Crippen molar-refractivity contribution in [2.45, 2.75) is 25.3 Å². The highest BCUT2D eigenvalue weighted by Gasteiger charge is 2.26. The molecule has 0 aliphatic heterocycles. The van der Waals surface area contributed by atoms with Crippen LogP contribution in [0.3, 0.4) is 0 Å². The SMILES string of the molecule is COC(=O)c1ccc(C)c(NC(=O)c2ccc(CN(c3cc(Cl)ccc3C)S(=O)(=O)c3ccccc3)cc2)c1. The van der Waals surface area contributed by atoms with E-state index >= 15 is 0 Å². The Morgan fingerprint density at radius 2 is 1.49 bits per heavy atom. The first-order valence-corrected chi connectivity index (χ1v) is 13.8. The van der Waals surface area contributed by atoms with E-state index in [4.69, 9.17) is 16.3 Å². The fraction of sp³-hybridized carbons (Fsp3) is 0.133. The molecule has 0 bridgehead atoms. The predicted octanol–water partition coefficient (Wildman–Crippen LogP) is 6.39. The molecule has 0 atom stereocenters. The molecule has 0 saturated heterocycles. The topological polar surface area (TPSA) is 92.8 Å². The molecular weight excluding hydrogens is 536 g/mol. The lowest BCUT2D eigenvalue weighted by molar-refractivity contribution is 0.0600. The predicted molar refractivity (Wildman–Crippen MR) is 153 cm³/mol. The quantitative estimate of drug-likeness (QED) is 0.251. The van der Waals surface area contributed by atoms with Crippen molar-refractivity contribution in [2.24, 2.45) is 0 Å². The van der Waals surface area contributed by atoms with Crippen molar-refractivity contribution in [1.82, 2.24) is 0 Å². The summed E-state index contributed by atoms with van der Waals surface area (Å²) < 4.78 is 33.5. The fourth-order valence-electron chi connectivity index (χ4n) is 3.99. The number of esters is 1. The number of anilines is 2. The Morgan fingerprint density at radius 1 is 0.846 bits per heavy atom. The van der Waals surface area contributed by atoms with Crippen LogP contribution in [-0.2, 0) is 21.3 Å². The second-order valence-electron chi connectivity index (χ2n) is 8.93. The largest absolute Gasteiger partial charge is 0.465 e. The molecular formula is C30H27ClN2O5S. The number of hydrogen-bond donors (Lipinski definition) is 1. The van der Waals surface area contributed by atoms with Crippen molar-refractivity contribution in [1.29, 1.82) is 0 Å². The molecule has 0 radical (unpaired) electrons. The van der Waals surface area contributed by atoms with Crippen molar-refractivity contribution in [3.63, 3.8) is 0 Å². The highest BCUT2D eigenvalue weighted by Crippen LogP contribution is 2.31. The van der Waals surface area contributed by atoms with Gasteiger partial charge in [-0.1, -0.05) is 54.1 Å². The summed E-state index contributed by atoms with van der Waals surface area (Å²) in [6.45, 7) is 3.67. The van der Waals surface area contributed by atoms with E-state index in [0.29, 0.717) is 33.1 Å². The van der Waals surface area contributed by atoms with Crippen molar-refractivity contribution >= 4 is 44.9 Å². The Labute approximate surface area is 233 Å². The maximum atomic E-state index is 13.7. The lowest BCUT2D eigenvalue weighted by atomic mass is 10.1. The summed E-state index contributed by atoms with van der Waals surface area (Å²) >= 11 is 6.24. The lowest BCUT2D eigenvalue weighted by Gasteiger charge is -2.26. The molecule has 9 heteroatoms. The summed E-state index contributed by atoms with van der Waals surface area (Å²) in [5.41, 5.74) is 3.86. The zero-order chi connectivity index (χ0) is 28.2. The smallest absolute Gasteiger partial charge is 0.337 e. The van der Waals surface area contributed by atoms with E-state index in [-0.39, 0.29) is 17.3 Å². The Balaban J connectivity index is 1.61. The molecule has 0 aromatic heterocycles. The van der Waals surface area contributed by atoms with E-state index in [0.717, 1.165) is 11.1 Å². The Bertz CT molecular complexity index is 1620. The van der Waals surface area contributed by atoms with E-state index in [2.05, 4.69) is 5.32 Å². The van der Waals surface area contributed by atoms with Crippen LogP contribution in [0.5, 0.6) is 0 Å². The number of nitrogens with one attached hydrogen (secondary N) is 1. The number of halogens is 1. The molecule has 4 rings (SSSR count). The van der Waals surface area contributed by atoms with Crippen molar-refractivity contribution in [3.05, 3.63) is 124 Å². The minimum atomic E-state index is -3.92. The maximum Gasteiger partial charge on any atom is 0.337 e. The molecule has 39 heavy (non-hydrogen) atoms. The van der Waals surface area contributed by atoms with Gasteiger partial charge in [0.2, 0.25) is 0 Å². The van der Waals surface area contributed by atoms with Gasteiger partial charge in [-0.25, -0.2) is 13.2 Å². The normalized spacial score (nSPS) is 11.1. The summed E-state index contributed by atoms with van der Waals surface area (Å²) in [6, 6.07) is 24.9. The zero-order valence-corrected chi connectivity index (χ0v) is 23.2. The fourth-order valence-corrected chi connectivity index (χ4v) is 5.69. The molecule has 200 valence electrons. The Morgan fingerprint density at radius 3 is 2.15 bits per heavy atom. The number of carbonyl (C=O) groups is 2. The van der Waals surface area contributed by atoms with Gasteiger partial charge in [0.25, 0.3) is 15.9 Å². The van der Waals surface area contributed by atoms with Gasteiger partial charge >= 0.3 is 5.97 Å². The first-order valence-electron chi connectivity index (χ1n) is 12.0. The van der Waals surface area contributed by atoms with Crippen LogP contribution < -0.4 is 9.62 Å². The van der Waals surface area contributed by atoms with Crippen molar-refractivity contribution in [3.8, 4) is 0 Å². The van der Waals surface area contributed by atoms with Crippen LogP contribution >= 0.6 is 11.6 Å². The molecule has 1 amide bonds. The summed E-state index contributed by atoms with van der Waals surface area (Å²) in [5.74, 6) is -0.870. The number of rotatable bonds is 8. The van der Waals surface area contributed by atoms with Gasteiger partial charge in [0.15, 0.2) is 0 Å². The van der Waals surface area contributed by atoms with Crippen LogP contribution in [0, 0.1) is 13.8 Å². The average molecular weight is 563 g/mol. The highest BCUT2D eigenvalue weighted by atomic mass is 35.5. The molecule has 0 unspecified atom stereocenters. The van der Waals surface area contributed by atoms with Gasteiger partial charge in [-0.05, 0) is 79.1 Å². The average Bonchev–Trinajstić information content (AvgIpc) is 2.94. The molecule has 0 fully saturated rings. The van der Waals surface area contributed by atoms with Gasteiger partial charge in [-0.2, -0.15) is 0 Å². The van der Waals surface area contributed by atoms with Crippen LogP contribution in [0.1, 0.15) is 37.4 Å². The minimum absolute atomic E-state index is 0.0284. The number of methoxy groups -OCH3 is 1. The van der Waals surface area contributed by atoms with Crippen molar-refractivity contribution < 1.29 is 22.7 Å². The van der Waals surface area contributed by atoms with Gasteiger partial charge in [0, 0.05) is 16.3 Å². The van der Waals surface area contributed by atoms with E-state index < -0.39 is 16.0 Å². The first-order chi connectivity index (χ1) is 18.6. The molecule has 0 aliphatic rings. The van der Waals surface area contributed by atoms with Crippen LogP contribution in [0.15, 0.2) is 95.9 Å². The molecule has 1 N–H and O–H groups in total. The van der Waals surface area contributed by atoms with E-state index in [1.54, 1.807) is 91.0 Å². The zero-order valence-electron chi connectivity index (χ0n) is 21.6. The Hall–Kier alpha value is -4.14. The molecule has 0 heterocycles. The summed E-state index contributed by atoms with van der Waals surface area (Å²) in [4.78, 5) is 25.0. The number of benzene rings is 4. The van der Waals surface area contributed by atoms with Crippen LogP contribution in [0.2, 0.25) is 5.02 Å². The number of sulfonamides is 1. The molecule has 0 aliphatic carbocycles. The van der Waals surface area contributed by atoms with E-state index in [1.807, 2.05) is 13.8 Å². The molecule has 0 spiro atoms. The van der Waals surface area contributed by atoms with E-state index in [9.17, 15) is 18.0 Å². The van der Waals surface area contributed by atoms with E-state index in [1.165, 1.54) is 11.4 Å². The number of aryl methyl sites for hydroxylation is 2.